The number of rotatable bonds is 3. The summed E-state index contributed by atoms with van der Waals surface area (Å²) < 4.78 is 1.24. The largest absolute Gasteiger partial charge is 0.315 e. The fourth-order valence-electron chi connectivity index (χ4n) is 2.42. The number of benzene rings is 1. The van der Waals surface area contributed by atoms with E-state index in [1.165, 1.54) is 29.5 Å². The molecule has 1 saturated heterocycles. The van der Waals surface area contributed by atoms with Crippen LogP contribution < -0.4 is 5.32 Å². The van der Waals surface area contributed by atoms with E-state index in [9.17, 15) is 0 Å². The molecule has 0 radical (unpaired) electrons. The topological polar surface area (TPSA) is 15.3 Å². The van der Waals surface area contributed by atoms with Crippen LogP contribution in [0.3, 0.4) is 0 Å². The number of halogens is 1. The third kappa shape index (κ3) is 3.80. The van der Waals surface area contributed by atoms with Crippen molar-refractivity contribution in [3.05, 3.63) is 34.3 Å². The smallest absolute Gasteiger partial charge is 0.0207 e. The molecule has 1 fully saturated rings. The molecule has 1 aromatic carbocycles. The van der Waals surface area contributed by atoms with E-state index >= 15 is 0 Å². The van der Waals surface area contributed by atoms with Gasteiger partial charge in [-0.15, -0.1) is 0 Å². The Morgan fingerprint density at radius 1 is 1.29 bits per heavy atom. The summed E-state index contributed by atoms with van der Waals surface area (Å²) in [6, 6.07) is 9.17. The van der Waals surface area contributed by atoms with Crippen molar-refractivity contribution in [1.82, 2.24) is 10.2 Å². The first-order valence-corrected chi connectivity index (χ1v) is 7.25. The highest BCUT2D eigenvalue weighted by Crippen LogP contribution is 2.19. The van der Waals surface area contributed by atoms with Crippen molar-refractivity contribution in [1.29, 1.82) is 0 Å². The molecular weight excluding hydrogens is 276 g/mol. The second-order valence-electron chi connectivity index (χ2n) is 4.78. The summed E-state index contributed by atoms with van der Waals surface area (Å²) in [5.74, 6) is 0. The molecule has 3 heteroatoms. The molecule has 1 aliphatic rings. The maximum absolute atomic E-state index is 3.63. The first kappa shape index (κ1) is 13.1. The van der Waals surface area contributed by atoms with Gasteiger partial charge in [-0.3, -0.25) is 4.90 Å². The van der Waals surface area contributed by atoms with Crippen LogP contribution in [0.25, 0.3) is 0 Å². The summed E-state index contributed by atoms with van der Waals surface area (Å²) in [7, 11) is 0. The fourth-order valence-corrected chi connectivity index (χ4v) is 2.87. The second-order valence-corrected chi connectivity index (χ2v) is 5.64. The van der Waals surface area contributed by atoms with Gasteiger partial charge < -0.3 is 5.32 Å². The Labute approximate surface area is 113 Å². The molecule has 94 valence electrons. The Morgan fingerprint density at radius 3 is 2.94 bits per heavy atom. The molecule has 1 N–H and O–H groups in total. The van der Waals surface area contributed by atoms with Crippen molar-refractivity contribution in [2.45, 2.75) is 25.8 Å². The van der Waals surface area contributed by atoms with E-state index in [-0.39, 0.29) is 0 Å². The Bertz CT molecular complexity index is 346. The quantitative estimate of drug-likeness (QED) is 0.923. The van der Waals surface area contributed by atoms with Crippen LogP contribution >= 0.6 is 15.9 Å². The molecule has 1 unspecified atom stereocenters. The van der Waals surface area contributed by atoms with E-state index in [1.807, 2.05) is 0 Å². The lowest BCUT2D eigenvalue weighted by Crippen LogP contribution is -2.37. The molecule has 0 spiro atoms. The van der Waals surface area contributed by atoms with Crippen molar-refractivity contribution in [3.8, 4) is 0 Å². The average Bonchev–Trinajstić information content (AvgIpc) is 2.61. The predicted molar refractivity (Wildman–Crippen MR) is 76.4 cm³/mol. The van der Waals surface area contributed by atoms with Crippen molar-refractivity contribution >= 4 is 15.9 Å². The van der Waals surface area contributed by atoms with E-state index in [1.54, 1.807) is 0 Å². The van der Waals surface area contributed by atoms with Gasteiger partial charge in [0.15, 0.2) is 0 Å². The summed E-state index contributed by atoms with van der Waals surface area (Å²) in [4.78, 5) is 2.60. The zero-order valence-corrected chi connectivity index (χ0v) is 12.0. The molecule has 0 aliphatic carbocycles. The highest BCUT2D eigenvalue weighted by molar-refractivity contribution is 9.10. The molecule has 2 rings (SSSR count). The highest BCUT2D eigenvalue weighted by atomic mass is 79.9. The first-order valence-electron chi connectivity index (χ1n) is 6.45. The van der Waals surface area contributed by atoms with E-state index in [4.69, 9.17) is 0 Å². The van der Waals surface area contributed by atoms with Gasteiger partial charge in [0, 0.05) is 23.6 Å². The minimum Gasteiger partial charge on any atom is -0.315 e. The van der Waals surface area contributed by atoms with E-state index in [0.29, 0.717) is 6.04 Å². The fraction of sp³-hybridized carbons (Fsp3) is 0.571. The van der Waals surface area contributed by atoms with Crippen LogP contribution in [0.2, 0.25) is 0 Å². The van der Waals surface area contributed by atoms with Crippen LogP contribution in [-0.4, -0.2) is 37.1 Å². The van der Waals surface area contributed by atoms with Gasteiger partial charge in [0.1, 0.15) is 0 Å². The third-order valence-corrected chi connectivity index (χ3v) is 4.24. The third-order valence-electron chi connectivity index (χ3n) is 3.47. The van der Waals surface area contributed by atoms with Crippen LogP contribution in [0.5, 0.6) is 0 Å². The van der Waals surface area contributed by atoms with Gasteiger partial charge in [0.05, 0.1) is 0 Å². The minimum atomic E-state index is 0.619. The van der Waals surface area contributed by atoms with E-state index < -0.39 is 0 Å². The lowest BCUT2D eigenvalue weighted by molar-refractivity contribution is 0.221. The molecule has 1 atom stereocenters. The predicted octanol–water partition coefficient (Wildman–Crippen LogP) is 2.68. The summed E-state index contributed by atoms with van der Waals surface area (Å²) >= 11 is 3.63. The highest BCUT2D eigenvalue weighted by Gasteiger charge is 2.16. The standard InChI is InChI=1S/C14H21BrN2/c1-12(17-9-4-7-16-8-10-17)11-13-5-2-3-6-14(13)15/h2-3,5-6,12,16H,4,7-11H2,1H3. The second kappa shape index (κ2) is 6.53. The van der Waals surface area contributed by atoms with Gasteiger partial charge >= 0.3 is 0 Å². The van der Waals surface area contributed by atoms with Crippen molar-refractivity contribution < 1.29 is 0 Å². The lowest BCUT2D eigenvalue weighted by Gasteiger charge is -2.27. The normalized spacial score (nSPS) is 19.9. The summed E-state index contributed by atoms with van der Waals surface area (Å²) in [5.41, 5.74) is 1.41. The van der Waals surface area contributed by atoms with Gasteiger partial charge in [0.2, 0.25) is 0 Å². The Balaban J connectivity index is 1.95. The molecule has 0 saturated carbocycles. The van der Waals surface area contributed by atoms with Crippen LogP contribution in [0.15, 0.2) is 28.7 Å². The van der Waals surface area contributed by atoms with Crippen LogP contribution in [0.1, 0.15) is 18.9 Å². The van der Waals surface area contributed by atoms with Gasteiger partial charge in [-0.25, -0.2) is 0 Å². The van der Waals surface area contributed by atoms with Gasteiger partial charge in [-0.2, -0.15) is 0 Å². The first-order chi connectivity index (χ1) is 8.27. The van der Waals surface area contributed by atoms with Crippen molar-refractivity contribution in [2.24, 2.45) is 0 Å². The lowest BCUT2D eigenvalue weighted by atomic mass is 10.1. The molecule has 17 heavy (non-hydrogen) atoms. The van der Waals surface area contributed by atoms with Gasteiger partial charge in [0.25, 0.3) is 0 Å². The molecule has 0 aromatic heterocycles. The summed E-state index contributed by atoms with van der Waals surface area (Å²) in [6.07, 6.45) is 2.39. The van der Waals surface area contributed by atoms with Crippen LogP contribution in [0, 0.1) is 0 Å². The number of hydrogen-bond acceptors (Lipinski definition) is 2. The Morgan fingerprint density at radius 2 is 2.12 bits per heavy atom. The van der Waals surface area contributed by atoms with E-state index in [0.717, 1.165) is 19.5 Å². The van der Waals surface area contributed by atoms with Crippen molar-refractivity contribution in [3.63, 3.8) is 0 Å². The Kier molecular flexibility index (Phi) is 5.01. The zero-order valence-electron chi connectivity index (χ0n) is 10.5. The van der Waals surface area contributed by atoms with Crippen LogP contribution in [0.4, 0.5) is 0 Å². The monoisotopic (exact) mass is 296 g/mol. The van der Waals surface area contributed by atoms with Crippen LogP contribution in [-0.2, 0) is 6.42 Å². The molecule has 0 amide bonds. The maximum Gasteiger partial charge on any atom is 0.0207 e. The summed E-state index contributed by atoms with van der Waals surface area (Å²) in [5, 5.41) is 3.46. The molecule has 1 heterocycles. The molecular formula is C14H21BrN2. The molecule has 1 aliphatic heterocycles. The molecule has 2 nitrogen and oxygen atoms in total. The average molecular weight is 297 g/mol. The van der Waals surface area contributed by atoms with E-state index in [2.05, 4.69) is 57.3 Å². The summed E-state index contributed by atoms with van der Waals surface area (Å²) in [6.45, 7) is 7.02. The van der Waals surface area contributed by atoms with Gasteiger partial charge in [-0.05, 0) is 44.5 Å². The minimum absolute atomic E-state index is 0.619. The molecule has 0 bridgehead atoms. The number of hydrogen-bond donors (Lipinski definition) is 1. The number of nitrogens with one attached hydrogen (secondary N) is 1. The Hall–Kier alpha value is -0.380. The number of nitrogens with zero attached hydrogens (tertiary/aromatic N) is 1. The van der Waals surface area contributed by atoms with Crippen molar-refractivity contribution in [2.75, 3.05) is 26.2 Å². The van der Waals surface area contributed by atoms with Gasteiger partial charge in [-0.1, -0.05) is 34.1 Å². The SMILES string of the molecule is CC(Cc1ccccc1Br)N1CCCNCC1. The zero-order chi connectivity index (χ0) is 12.1. The molecule has 1 aromatic rings. The maximum atomic E-state index is 3.63.